The normalized spacial score (nSPS) is 12.6. The van der Waals surface area contributed by atoms with Crippen LogP contribution in [-0.4, -0.2) is 34.5 Å². The first-order valence-corrected chi connectivity index (χ1v) is 8.07. The molecule has 0 bridgehead atoms. The van der Waals surface area contributed by atoms with E-state index < -0.39 is 37.4 Å². The van der Waals surface area contributed by atoms with Crippen molar-refractivity contribution in [3.63, 3.8) is 0 Å². The van der Waals surface area contributed by atoms with Gasteiger partial charge in [-0.05, 0) is 38.1 Å². The number of hydrogen-bond acceptors (Lipinski definition) is 6. The average Bonchev–Trinajstić information content (AvgIpc) is 2.38. The second kappa shape index (κ2) is 6.49. The summed E-state index contributed by atoms with van der Waals surface area (Å²) in [6.45, 7) is 3.09. The number of ether oxygens (including phenoxy) is 2. The Balaban J connectivity index is 2.83. The minimum Gasteiger partial charge on any atom is -0.426 e. The summed E-state index contributed by atoms with van der Waals surface area (Å²) >= 11 is 3.08. The Morgan fingerprint density at radius 1 is 1.04 bits per heavy atom. The van der Waals surface area contributed by atoms with E-state index in [0.29, 0.717) is 0 Å². The second-order valence-corrected chi connectivity index (χ2v) is 8.16. The lowest BCUT2D eigenvalue weighted by molar-refractivity contribution is -0.151. The molecule has 1 aromatic carbocycles. The largest absolute Gasteiger partial charge is 0.466 e. The zero-order valence-corrected chi connectivity index (χ0v) is 14.2. The van der Waals surface area contributed by atoms with Crippen LogP contribution in [-0.2, 0) is 19.7 Å². The third-order valence-corrected chi connectivity index (χ3v) is 3.43. The van der Waals surface area contributed by atoms with E-state index in [0.717, 1.165) is 24.3 Å². The van der Waals surface area contributed by atoms with E-state index in [-0.39, 0.29) is 5.75 Å². The summed E-state index contributed by atoms with van der Waals surface area (Å²) in [5.41, 5.74) is 0. The summed E-state index contributed by atoms with van der Waals surface area (Å²) in [6.07, 6.45) is 0. The van der Waals surface area contributed by atoms with Gasteiger partial charge in [-0.25, -0.2) is 4.79 Å². The molecule has 0 atom stereocenters. The molecule has 0 unspecified atom stereocenters. The molecule has 1 rings (SSSR count). The van der Waals surface area contributed by atoms with Crippen LogP contribution in [0.15, 0.2) is 24.3 Å². The molecule has 0 aliphatic rings. The highest BCUT2D eigenvalue weighted by Gasteiger charge is 2.54. The summed E-state index contributed by atoms with van der Waals surface area (Å²) in [6, 6.07) is 4.29. The maximum atomic E-state index is 13.0. The van der Waals surface area contributed by atoms with Crippen molar-refractivity contribution in [2.75, 3.05) is 0 Å². The van der Waals surface area contributed by atoms with E-state index in [4.69, 9.17) is 9.29 Å². The van der Waals surface area contributed by atoms with E-state index in [1.165, 1.54) is 0 Å². The Morgan fingerprint density at radius 3 is 1.70 bits per heavy atom. The van der Waals surface area contributed by atoms with E-state index in [2.05, 4.69) is 20.7 Å². The fourth-order valence-electron chi connectivity index (χ4n) is 1.08. The monoisotopic (exact) mass is 416 g/mol. The highest BCUT2D eigenvalue weighted by atomic mass is 79.9. The van der Waals surface area contributed by atoms with Crippen molar-refractivity contribution >= 4 is 38.0 Å². The Hall–Kier alpha value is -1.59. The van der Waals surface area contributed by atoms with Crippen molar-refractivity contribution in [1.82, 2.24) is 0 Å². The van der Waals surface area contributed by atoms with Crippen LogP contribution in [0.5, 0.6) is 11.5 Å². The first-order chi connectivity index (χ1) is 10.2. The van der Waals surface area contributed by atoms with Crippen LogP contribution in [0, 0.1) is 0 Å². The maximum Gasteiger partial charge on any atom is 0.466 e. The number of esters is 2. The van der Waals surface area contributed by atoms with Crippen molar-refractivity contribution in [2.45, 2.75) is 23.4 Å². The minimum absolute atomic E-state index is 0.0452. The summed E-state index contributed by atoms with van der Waals surface area (Å²) in [4.78, 5) is 22.7. The summed E-state index contributed by atoms with van der Waals surface area (Å²) in [5.74, 6) is -3.48. The van der Waals surface area contributed by atoms with Gasteiger partial charge in [-0.2, -0.15) is 17.2 Å². The zero-order chi connectivity index (χ0) is 18.1. The number of alkyl halides is 3. The van der Waals surface area contributed by atoms with Gasteiger partial charge in [0.05, 0.1) is 0 Å². The molecule has 0 aromatic heterocycles. The van der Waals surface area contributed by atoms with Crippen LogP contribution >= 0.6 is 15.9 Å². The molecule has 1 aromatic rings. The van der Waals surface area contributed by atoms with Crippen LogP contribution in [0.25, 0.3) is 0 Å². The van der Waals surface area contributed by atoms with Crippen LogP contribution in [0.2, 0.25) is 0 Å². The molecular weight excluding hydrogens is 406 g/mol. The lowest BCUT2D eigenvalue weighted by atomic mass is 10.2. The van der Waals surface area contributed by atoms with Gasteiger partial charge >= 0.3 is 27.3 Å². The molecule has 0 saturated carbocycles. The fraction of sp³-hybridized carbons (Fsp3) is 0.333. The molecule has 7 nitrogen and oxygen atoms in total. The summed E-state index contributed by atoms with van der Waals surface area (Å²) in [5, 5.41) is -5.10. The van der Waals surface area contributed by atoms with Gasteiger partial charge in [-0.3, -0.25) is 9.35 Å². The summed E-state index contributed by atoms with van der Waals surface area (Å²) in [7, 11) is -5.94. The lowest BCUT2D eigenvalue weighted by Crippen LogP contribution is -2.40. The number of rotatable bonds is 5. The Labute approximate surface area is 138 Å². The van der Waals surface area contributed by atoms with E-state index in [9.17, 15) is 26.8 Å². The number of halogens is 3. The van der Waals surface area contributed by atoms with Crippen molar-refractivity contribution < 1.29 is 40.8 Å². The fourth-order valence-corrected chi connectivity index (χ4v) is 1.41. The third-order valence-electron chi connectivity index (χ3n) is 2.29. The van der Waals surface area contributed by atoms with Gasteiger partial charge in [-0.15, -0.1) is 0 Å². The molecule has 0 amide bonds. The van der Waals surface area contributed by atoms with Crippen LogP contribution in [0.4, 0.5) is 8.78 Å². The van der Waals surface area contributed by atoms with Crippen molar-refractivity contribution in [3.8, 4) is 11.5 Å². The van der Waals surface area contributed by atoms with Gasteiger partial charge in [0.25, 0.3) is 0 Å². The smallest absolute Gasteiger partial charge is 0.426 e. The maximum absolute atomic E-state index is 13.0. The van der Waals surface area contributed by atoms with Crippen LogP contribution in [0.3, 0.4) is 0 Å². The van der Waals surface area contributed by atoms with Gasteiger partial charge in [-0.1, -0.05) is 15.9 Å². The van der Waals surface area contributed by atoms with Crippen molar-refractivity contribution in [2.24, 2.45) is 0 Å². The van der Waals surface area contributed by atoms with Crippen molar-refractivity contribution in [1.29, 1.82) is 0 Å². The van der Waals surface area contributed by atoms with Crippen LogP contribution in [0.1, 0.15) is 13.8 Å². The SMILES string of the molecule is CC(C)(Br)C(=O)Oc1ccc(OC(=O)C(F)(F)S(=O)(=O)O)cc1. The Morgan fingerprint density at radius 2 is 1.39 bits per heavy atom. The molecule has 0 saturated heterocycles. The van der Waals surface area contributed by atoms with E-state index in [1.54, 1.807) is 13.8 Å². The van der Waals surface area contributed by atoms with E-state index in [1.807, 2.05) is 0 Å². The number of carbonyl (C=O) groups excluding carboxylic acids is 2. The first-order valence-electron chi connectivity index (χ1n) is 5.83. The van der Waals surface area contributed by atoms with Gasteiger partial charge in [0.15, 0.2) is 0 Å². The van der Waals surface area contributed by atoms with Gasteiger partial charge < -0.3 is 9.47 Å². The van der Waals surface area contributed by atoms with Gasteiger partial charge in [0, 0.05) is 0 Å². The van der Waals surface area contributed by atoms with Gasteiger partial charge in [0.1, 0.15) is 15.8 Å². The Kier molecular flexibility index (Phi) is 5.49. The number of hydrogen-bond donors (Lipinski definition) is 1. The lowest BCUT2D eigenvalue weighted by Gasteiger charge is -2.15. The minimum atomic E-state index is -5.94. The van der Waals surface area contributed by atoms with Crippen LogP contribution < -0.4 is 9.47 Å². The molecule has 11 heteroatoms. The topological polar surface area (TPSA) is 107 Å². The molecule has 0 radical (unpaired) electrons. The first kappa shape index (κ1) is 19.5. The molecule has 1 N–H and O–H groups in total. The third kappa shape index (κ3) is 4.94. The molecule has 128 valence electrons. The predicted octanol–water partition coefficient (Wildman–Crippen LogP) is 2.15. The standard InChI is InChI=1S/C12H11BrF2O7S/c1-11(2,13)9(16)21-7-3-5-8(6-4-7)22-10(17)12(14,15)23(18,19)20/h3-6H,1-2H3,(H,18,19,20). The molecule has 0 aliphatic carbocycles. The second-order valence-electron chi connectivity index (χ2n) is 4.71. The Bertz CT molecular complexity index is 708. The predicted molar refractivity (Wildman–Crippen MR) is 77.2 cm³/mol. The van der Waals surface area contributed by atoms with E-state index >= 15 is 0 Å². The number of benzene rings is 1. The highest BCUT2D eigenvalue weighted by Crippen LogP contribution is 2.26. The van der Waals surface area contributed by atoms with Crippen molar-refractivity contribution in [3.05, 3.63) is 24.3 Å². The molecule has 0 fully saturated rings. The molecule has 0 heterocycles. The zero-order valence-electron chi connectivity index (χ0n) is 11.7. The summed E-state index contributed by atoms with van der Waals surface area (Å²) < 4.78 is 63.2. The molecular formula is C12H11BrF2O7S. The molecule has 0 spiro atoms. The highest BCUT2D eigenvalue weighted by molar-refractivity contribution is 9.10. The molecule has 0 aliphatic heterocycles. The molecule has 23 heavy (non-hydrogen) atoms. The number of carbonyl (C=O) groups is 2. The van der Waals surface area contributed by atoms with Gasteiger partial charge in [0.2, 0.25) is 0 Å². The quantitative estimate of drug-likeness (QED) is 0.339. The average molecular weight is 417 g/mol.